The molecule has 108 valence electrons. The van der Waals surface area contributed by atoms with Crippen LogP contribution in [0.15, 0.2) is 4.90 Å². The highest BCUT2D eigenvalue weighted by molar-refractivity contribution is 7.89. The van der Waals surface area contributed by atoms with Crippen LogP contribution in [-0.4, -0.2) is 38.2 Å². The molecular weight excluding hydrogens is 264 g/mol. The molecule has 0 amide bonds. The standard InChI is InChI=1S/C12H22N4O2S/c1-9-12(10(2)16-15-9)19(17,18)14-7-5-11-4-3-6-13-8-11/h11,13-14H,3-8H2,1-2H3,(H,15,16). The fraction of sp³-hybridized carbons (Fsp3) is 0.750. The van der Waals surface area contributed by atoms with Crippen LogP contribution in [0.3, 0.4) is 0 Å². The monoisotopic (exact) mass is 286 g/mol. The second kappa shape index (κ2) is 6.02. The lowest BCUT2D eigenvalue weighted by atomic mass is 9.96. The quantitative estimate of drug-likeness (QED) is 0.743. The van der Waals surface area contributed by atoms with Crippen LogP contribution in [0.25, 0.3) is 0 Å². The number of hydrogen-bond donors (Lipinski definition) is 3. The van der Waals surface area contributed by atoms with Gasteiger partial charge in [0.25, 0.3) is 0 Å². The Bertz CT molecular complexity index is 498. The van der Waals surface area contributed by atoms with Crippen molar-refractivity contribution in [3.8, 4) is 0 Å². The number of rotatable bonds is 5. The zero-order chi connectivity index (χ0) is 13.9. The number of hydrogen-bond acceptors (Lipinski definition) is 4. The normalized spacial score (nSPS) is 20.6. The second-order valence-electron chi connectivity index (χ2n) is 5.16. The van der Waals surface area contributed by atoms with Crippen molar-refractivity contribution in [2.24, 2.45) is 5.92 Å². The number of aromatic amines is 1. The molecule has 1 aliphatic heterocycles. The molecule has 6 nitrogen and oxygen atoms in total. The van der Waals surface area contributed by atoms with Crippen LogP contribution < -0.4 is 10.0 Å². The Hall–Kier alpha value is -0.920. The van der Waals surface area contributed by atoms with Gasteiger partial charge in [0, 0.05) is 6.54 Å². The third-order valence-electron chi connectivity index (χ3n) is 3.57. The number of H-pyrrole nitrogens is 1. The molecule has 1 aromatic heterocycles. The molecule has 7 heteroatoms. The minimum absolute atomic E-state index is 0.286. The summed E-state index contributed by atoms with van der Waals surface area (Å²) >= 11 is 0. The molecule has 0 radical (unpaired) electrons. The molecule has 19 heavy (non-hydrogen) atoms. The Labute approximate surface area is 114 Å². The van der Waals surface area contributed by atoms with Crippen LogP contribution in [0.2, 0.25) is 0 Å². The van der Waals surface area contributed by atoms with Crippen molar-refractivity contribution in [3.05, 3.63) is 11.4 Å². The van der Waals surface area contributed by atoms with E-state index in [4.69, 9.17) is 0 Å². The van der Waals surface area contributed by atoms with Crippen molar-refractivity contribution < 1.29 is 8.42 Å². The Morgan fingerprint density at radius 1 is 1.42 bits per heavy atom. The highest BCUT2D eigenvalue weighted by Crippen LogP contribution is 2.17. The van der Waals surface area contributed by atoms with Crippen LogP contribution in [0.5, 0.6) is 0 Å². The lowest BCUT2D eigenvalue weighted by molar-refractivity contribution is 0.358. The third-order valence-corrected chi connectivity index (χ3v) is 5.30. The van der Waals surface area contributed by atoms with E-state index in [2.05, 4.69) is 20.2 Å². The predicted molar refractivity (Wildman–Crippen MR) is 73.5 cm³/mol. The van der Waals surface area contributed by atoms with Crippen LogP contribution in [0.4, 0.5) is 0 Å². The number of nitrogens with one attached hydrogen (secondary N) is 3. The molecule has 1 unspecified atom stereocenters. The van der Waals surface area contributed by atoms with Gasteiger partial charge in [0.2, 0.25) is 10.0 Å². The average molecular weight is 286 g/mol. The molecule has 0 bridgehead atoms. The zero-order valence-electron chi connectivity index (χ0n) is 11.5. The largest absolute Gasteiger partial charge is 0.316 e. The Morgan fingerprint density at radius 3 is 2.79 bits per heavy atom. The fourth-order valence-corrected chi connectivity index (χ4v) is 3.99. The number of nitrogens with zero attached hydrogens (tertiary/aromatic N) is 1. The molecule has 2 rings (SSSR count). The number of piperidine rings is 1. The fourth-order valence-electron chi connectivity index (χ4n) is 2.58. The lowest BCUT2D eigenvalue weighted by Crippen LogP contribution is -2.33. The van der Waals surface area contributed by atoms with E-state index in [1.54, 1.807) is 13.8 Å². The first kappa shape index (κ1) is 14.5. The number of sulfonamides is 1. The van der Waals surface area contributed by atoms with Crippen molar-refractivity contribution in [2.45, 2.75) is 38.0 Å². The van der Waals surface area contributed by atoms with E-state index in [1.807, 2.05) is 0 Å². The van der Waals surface area contributed by atoms with Crippen LogP contribution >= 0.6 is 0 Å². The number of aromatic nitrogens is 2. The first-order chi connectivity index (χ1) is 9.00. The molecule has 1 aromatic rings. The van der Waals surface area contributed by atoms with Crippen LogP contribution in [-0.2, 0) is 10.0 Å². The van der Waals surface area contributed by atoms with Crippen molar-refractivity contribution in [1.82, 2.24) is 20.2 Å². The van der Waals surface area contributed by atoms with Gasteiger partial charge in [-0.15, -0.1) is 0 Å². The van der Waals surface area contributed by atoms with E-state index < -0.39 is 10.0 Å². The maximum absolute atomic E-state index is 12.2. The van der Waals surface area contributed by atoms with Gasteiger partial charge >= 0.3 is 0 Å². The molecular formula is C12H22N4O2S. The highest BCUT2D eigenvalue weighted by atomic mass is 32.2. The molecule has 0 saturated carbocycles. The topological polar surface area (TPSA) is 86.9 Å². The molecule has 2 heterocycles. The third kappa shape index (κ3) is 3.55. The van der Waals surface area contributed by atoms with Gasteiger partial charge in [-0.05, 0) is 52.1 Å². The summed E-state index contributed by atoms with van der Waals surface area (Å²) < 4.78 is 27.1. The molecule has 0 aliphatic carbocycles. The SMILES string of the molecule is Cc1n[nH]c(C)c1S(=O)(=O)NCCC1CCCNC1. The summed E-state index contributed by atoms with van der Waals surface area (Å²) in [6.45, 7) is 5.97. The van der Waals surface area contributed by atoms with E-state index in [1.165, 1.54) is 12.8 Å². The summed E-state index contributed by atoms with van der Waals surface area (Å²) in [6, 6.07) is 0. The summed E-state index contributed by atoms with van der Waals surface area (Å²) in [5, 5.41) is 9.97. The van der Waals surface area contributed by atoms with E-state index in [-0.39, 0.29) is 4.90 Å². The maximum Gasteiger partial charge on any atom is 0.244 e. The van der Waals surface area contributed by atoms with E-state index >= 15 is 0 Å². The Kier molecular flexibility index (Phi) is 4.59. The first-order valence-corrected chi connectivity index (χ1v) is 8.21. The molecule has 1 fully saturated rings. The Balaban J connectivity index is 1.91. The van der Waals surface area contributed by atoms with Gasteiger partial charge in [-0.1, -0.05) is 0 Å². The second-order valence-corrected chi connectivity index (χ2v) is 6.87. The van der Waals surface area contributed by atoms with Gasteiger partial charge in [-0.2, -0.15) is 5.10 Å². The smallest absolute Gasteiger partial charge is 0.244 e. The first-order valence-electron chi connectivity index (χ1n) is 6.72. The number of aryl methyl sites for hydroxylation is 2. The highest BCUT2D eigenvalue weighted by Gasteiger charge is 2.22. The van der Waals surface area contributed by atoms with Crippen molar-refractivity contribution >= 4 is 10.0 Å². The van der Waals surface area contributed by atoms with Gasteiger partial charge in [0.05, 0.1) is 11.4 Å². The molecule has 3 N–H and O–H groups in total. The maximum atomic E-state index is 12.2. The minimum Gasteiger partial charge on any atom is -0.316 e. The summed E-state index contributed by atoms with van der Waals surface area (Å²) in [7, 11) is -3.44. The van der Waals surface area contributed by atoms with Crippen LogP contribution in [0, 0.1) is 19.8 Å². The van der Waals surface area contributed by atoms with Crippen molar-refractivity contribution in [3.63, 3.8) is 0 Å². The van der Waals surface area contributed by atoms with E-state index in [0.29, 0.717) is 23.9 Å². The molecule has 0 spiro atoms. The van der Waals surface area contributed by atoms with Gasteiger partial charge < -0.3 is 5.32 Å². The van der Waals surface area contributed by atoms with Crippen molar-refractivity contribution in [2.75, 3.05) is 19.6 Å². The zero-order valence-corrected chi connectivity index (χ0v) is 12.3. The van der Waals surface area contributed by atoms with Gasteiger partial charge in [-0.3, -0.25) is 5.10 Å². The summed E-state index contributed by atoms with van der Waals surface area (Å²) in [4.78, 5) is 0.286. The molecule has 1 atom stereocenters. The van der Waals surface area contributed by atoms with Gasteiger partial charge in [0.15, 0.2) is 0 Å². The molecule has 0 aromatic carbocycles. The minimum atomic E-state index is -3.44. The Morgan fingerprint density at radius 2 is 2.21 bits per heavy atom. The van der Waals surface area contributed by atoms with E-state index in [0.717, 1.165) is 19.5 Å². The van der Waals surface area contributed by atoms with Crippen molar-refractivity contribution in [1.29, 1.82) is 0 Å². The van der Waals surface area contributed by atoms with Gasteiger partial charge in [0.1, 0.15) is 4.90 Å². The summed E-state index contributed by atoms with van der Waals surface area (Å²) in [5.74, 6) is 0.572. The summed E-state index contributed by atoms with van der Waals surface area (Å²) in [6.07, 6.45) is 3.23. The average Bonchev–Trinajstić information content (AvgIpc) is 2.70. The van der Waals surface area contributed by atoms with Crippen LogP contribution in [0.1, 0.15) is 30.7 Å². The predicted octanol–water partition coefficient (Wildman–Crippen LogP) is 0.695. The van der Waals surface area contributed by atoms with Gasteiger partial charge in [-0.25, -0.2) is 13.1 Å². The summed E-state index contributed by atoms with van der Waals surface area (Å²) in [5.41, 5.74) is 1.11. The lowest BCUT2D eigenvalue weighted by Gasteiger charge is -2.22. The van der Waals surface area contributed by atoms with E-state index in [9.17, 15) is 8.42 Å². The molecule has 1 aliphatic rings. The molecule has 1 saturated heterocycles.